The standard InChI is InChI=1S/C20H20F2N4OS/c21-16-3-1-15(2-4-16)19-23-24-20(26(19)18-7-5-17(22)6-8-18)28-14-11-25-9-12-27-13-10-25/h1-8H,9-14H2. The van der Waals surface area contributed by atoms with Gasteiger partial charge < -0.3 is 4.74 Å². The Morgan fingerprint density at radius 3 is 2.21 bits per heavy atom. The van der Waals surface area contributed by atoms with Crippen LogP contribution in [0.5, 0.6) is 0 Å². The van der Waals surface area contributed by atoms with Crippen LogP contribution in [-0.4, -0.2) is 58.3 Å². The van der Waals surface area contributed by atoms with Crippen LogP contribution in [0.2, 0.25) is 0 Å². The topological polar surface area (TPSA) is 43.2 Å². The van der Waals surface area contributed by atoms with Crippen molar-refractivity contribution in [2.24, 2.45) is 0 Å². The highest BCUT2D eigenvalue weighted by Crippen LogP contribution is 2.28. The number of nitrogens with zero attached hydrogens (tertiary/aromatic N) is 4. The second kappa shape index (κ2) is 8.81. The van der Waals surface area contributed by atoms with Crippen molar-refractivity contribution in [3.05, 3.63) is 60.2 Å². The zero-order valence-corrected chi connectivity index (χ0v) is 16.0. The molecule has 0 aliphatic carbocycles. The van der Waals surface area contributed by atoms with Gasteiger partial charge in [-0.1, -0.05) is 11.8 Å². The molecule has 0 spiro atoms. The number of halogens is 2. The molecule has 0 radical (unpaired) electrons. The van der Waals surface area contributed by atoms with E-state index >= 15 is 0 Å². The fraction of sp³-hybridized carbons (Fsp3) is 0.300. The molecular weight excluding hydrogens is 382 g/mol. The minimum absolute atomic E-state index is 0.304. The molecule has 1 aliphatic rings. The Bertz CT molecular complexity index is 909. The third-order valence-electron chi connectivity index (χ3n) is 4.56. The van der Waals surface area contributed by atoms with Gasteiger partial charge in [0.15, 0.2) is 11.0 Å². The lowest BCUT2D eigenvalue weighted by molar-refractivity contribution is 0.0410. The summed E-state index contributed by atoms with van der Waals surface area (Å²) in [5.74, 6) is 0.835. The van der Waals surface area contributed by atoms with Crippen LogP contribution < -0.4 is 0 Å². The highest BCUT2D eigenvalue weighted by atomic mass is 32.2. The molecule has 0 bridgehead atoms. The summed E-state index contributed by atoms with van der Waals surface area (Å²) in [7, 11) is 0. The molecule has 8 heteroatoms. The van der Waals surface area contributed by atoms with Crippen LogP contribution in [-0.2, 0) is 4.74 Å². The molecule has 0 N–H and O–H groups in total. The van der Waals surface area contributed by atoms with Gasteiger partial charge in [0.25, 0.3) is 0 Å². The first kappa shape index (κ1) is 19.0. The molecule has 0 unspecified atom stereocenters. The zero-order chi connectivity index (χ0) is 19.3. The van der Waals surface area contributed by atoms with Gasteiger partial charge in [-0.15, -0.1) is 10.2 Å². The third kappa shape index (κ3) is 4.40. The second-order valence-electron chi connectivity index (χ2n) is 6.43. The fourth-order valence-corrected chi connectivity index (χ4v) is 4.01. The number of thioether (sulfide) groups is 1. The summed E-state index contributed by atoms with van der Waals surface area (Å²) in [4.78, 5) is 2.36. The Morgan fingerprint density at radius 1 is 0.893 bits per heavy atom. The molecule has 146 valence electrons. The van der Waals surface area contributed by atoms with E-state index in [1.807, 2.05) is 4.57 Å². The summed E-state index contributed by atoms with van der Waals surface area (Å²) < 4.78 is 34.0. The summed E-state index contributed by atoms with van der Waals surface area (Å²) in [6.45, 7) is 4.34. The largest absolute Gasteiger partial charge is 0.379 e. The Labute approximate surface area is 166 Å². The molecule has 0 atom stereocenters. The van der Waals surface area contributed by atoms with E-state index in [9.17, 15) is 8.78 Å². The minimum Gasteiger partial charge on any atom is -0.379 e. The predicted octanol–water partition coefficient (Wildman–Crippen LogP) is 3.64. The van der Waals surface area contributed by atoms with Crippen molar-refractivity contribution in [1.29, 1.82) is 0 Å². The Kier molecular flexibility index (Phi) is 5.99. The fourth-order valence-electron chi connectivity index (χ4n) is 3.06. The number of hydrogen-bond donors (Lipinski definition) is 0. The van der Waals surface area contributed by atoms with Gasteiger partial charge in [-0.25, -0.2) is 8.78 Å². The van der Waals surface area contributed by atoms with Crippen molar-refractivity contribution in [2.75, 3.05) is 38.6 Å². The van der Waals surface area contributed by atoms with Gasteiger partial charge in [-0.2, -0.15) is 0 Å². The van der Waals surface area contributed by atoms with Gasteiger partial charge in [0.2, 0.25) is 0 Å². The predicted molar refractivity (Wildman–Crippen MR) is 105 cm³/mol. The van der Waals surface area contributed by atoms with Crippen molar-refractivity contribution >= 4 is 11.8 Å². The summed E-state index contributed by atoms with van der Waals surface area (Å²) in [5.41, 5.74) is 1.51. The van der Waals surface area contributed by atoms with Crippen molar-refractivity contribution in [3.8, 4) is 17.1 Å². The van der Waals surface area contributed by atoms with Crippen LogP contribution in [0.4, 0.5) is 8.78 Å². The molecule has 1 fully saturated rings. The smallest absolute Gasteiger partial charge is 0.196 e. The highest BCUT2D eigenvalue weighted by Gasteiger charge is 2.17. The number of rotatable bonds is 6. The third-order valence-corrected chi connectivity index (χ3v) is 5.47. The van der Waals surface area contributed by atoms with Gasteiger partial charge in [-0.05, 0) is 48.5 Å². The molecule has 1 aromatic heterocycles. The van der Waals surface area contributed by atoms with Crippen LogP contribution >= 0.6 is 11.8 Å². The van der Waals surface area contributed by atoms with Crippen molar-refractivity contribution in [1.82, 2.24) is 19.7 Å². The molecule has 5 nitrogen and oxygen atoms in total. The molecule has 0 amide bonds. The molecule has 1 saturated heterocycles. The Balaban J connectivity index is 1.60. The molecule has 3 aromatic rings. The number of benzene rings is 2. The van der Waals surface area contributed by atoms with Crippen LogP contribution in [0, 0.1) is 11.6 Å². The van der Waals surface area contributed by atoms with Crippen molar-refractivity contribution in [3.63, 3.8) is 0 Å². The molecular formula is C20H20F2N4OS. The average Bonchev–Trinajstić information content (AvgIpc) is 3.14. The maximum absolute atomic E-state index is 13.4. The van der Waals surface area contributed by atoms with E-state index in [4.69, 9.17) is 4.74 Å². The molecule has 4 rings (SSSR count). The number of ether oxygens (including phenoxy) is 1. The van der Waals surface area contributed by atoms with E-state index in [1.54, 1.807) is 36.0 Å². The number of hydrogen-bond acceptors (Lipinski definition) is 5. The number of morpholine rings is 1. The van der Waals surface area contributed by atoms with E-state index in [1.165, 1.54) is 24.3 Å². The maximum Gasteiger partial charge on any atom is 0.196 e. The van der Waals surface area contributed by atoms with Crippen LogP contribution in [0.25, 0.3) is 17.1 Å². The van der Waals surface area contributed by atoms with Crippen LogP contribution in [0.15, 0.2) is 53.7 Å². The van der Waals surface area contributed by atoms with Gasteiger partial charge in [-0.3, -0.25) is 9.47 Å². The van der Waals surface area contributed by atoms with E-state index in [-0.39, 0.29) is 11.6 Å². The first-order valence-corrected chi connectivity index (χ1v) is 10.1. The maximum atomic E-state index is 13.4. The van der Waals surface area contributed by atoms with E-state index in [2.05, 4.69) is 15.1 Å². The lowest BCUT2D eigenvalue weighted by atomic mass is 10.2. The van der Waals surface area contributed by atoms with Crippen molar-refractivity contribution in [2.45, 2.75) is 5.16 Å². The van der Waals surface area contributed by atoms with Gasteiger partial charge in [0.05, 0.1) is 13.2 Å². The monoisotopic (exact) mass is 402 g/mol. The normalized spacial score (nSPS) is 15.1. The van der Waals surface area contributed by atoms with Crippen LogP contribution in [0.3, 0.4) is 0 Å². The summed E-state index contributed by atoms with van der Waals surface area (Å²) in [5, 5.41) is 9.39. The number of aromatic nitrogens is 3. The van der Waals surface area contributed by atoms with Gasteiger partial charge in [0, 0.05) is 36.6 Å². The molecule has 2 heterocycles. The highest BCUT2D eigenvalue weighted by molar-refractivity contribution is 7.99. The summed E-state index contributed by atoms with van der Waals surface area (Å²) in [6.07, 6.45) is 0. The average molecular weight is 402 g/mol. The van der Waals surface area contributed by atoms with Crippen molar-refractivity contribution < 1.29 is 13.5 Å². The second-order valence-corrected chi connectivity index (χ2v) is 7.49. The lowest BCUT2D eigenvalue weighted by Crippen LogP contribution is -2.37. The quantitative estimate of drug-likeness (QED) is 0.589. The summed E-state index contributed by atoms with van der Waals surface area (Å²) in [6, 6.07) is 12.3. The van der Waals surface area contributed by atoms with Crippen LogP contribution in [0.1, 0.15) is 0 Å². The van der Waals surface area contributed by atoms with Gasteiger partial charge in [0.1, 0.15) is 11.6 Å². The summed E-state index contributed by atoms with van der Waals surface area (Å²) >= 11 is 1.60. The molecule has 1 aliphatic heterocycles. The SMILES string of the molecule is Fc1ccc(-c2nnc(SCCN3CCOCC3)n2-c2ccc(F)cc2)cc1. The first-order valence-electron chi connectivity index (χ1n) is 9.11. The minimum atomic E-state index is -0.309. The molecule has 0 saturated carbocycles. The van der Waals surface area contributed by atoms with Gasteiger partial charge >= 0.3 is 0 Å². The lowest BCUT2D eigenvalue weighted by Gasteiger charge is -2.26. The van der Waals surface area contributed by atoms with E-state index < -0.39 is 0 Å². The Hall–Kier alpha value is -2.29. The van der Waals surface area contributed by atoms with E-state index in [0.29, 0.717) is 5.82 Å². The molecule has 28 heavy (non-hydrogen) atoms. The zero-order valence-electron chi connectivity index (χ0n) is 15.2. The molecule has 2 aromatic carbocycles. The Morgan fingerprint density at radius 2 is 1.54 bits per heavy atom. The van der Waals surface area contributed by atoms with E-state index in [0.717, 1.165) is 55.0 Å². The first-order chi connectivity index (χ1) is 13.7.